The number of hydrogen-bond acceptors (Lipinski definition) is 5. The predicted molar refractivity (Wildman–Crippen MR) is 134 cm³/mol. The third kappa shape index (κ3) is 3.98. The lowest BCUT2D eigenvalue weighted by molar-refractivity contribution is 0.178. The zero-order valence-electron chi connectivity index (χ0n) is 19.6. The van der Waals surface area contributed by atoms with E-state index >= 15 is 0 Å². The molecule has 0 bridgehead atoms. The second-order valence-corrected chi connectivity index (χ2v) is 10.2. The molecule has 1 saturated heterocycles. The third-order valence-electron chi connectivity index (χ3n) is 6.87. The molecule has 3 aromatic rings. The van der Waals surface area contributed by atoms with Crippen molar-refractivity contribution in [2.75, 3.05) is 12.8 Å². The van der Waals surface area contributed by atoms with Crippen molar-refractivity contribution in [2.24, 2.45) is 10.7 Å². The second-order valence-electron chi connectivity index (χ2n) is 8.83. The maximum absolute atomic E-state index is 14.5. The number of fused-ring (bicyclic) bond motifs is 1. The first-order valence-electron chi connectivity index (χ1n) is 11.6. The zero-order chi connectivity index (χ0) is 24.7. The normalized spacial score (nSPS) is 22.5. The summed E-state index contributed by atoms with van der Waals surface area (Å²) in [5.74, 6) is 0.567. The van der Waals surface area contributed by atoms with Crippen LogP contribution in [0.25, 0.3) is 5.52 Å². The molecular formula is C24H28FN7O2S. The van der Waals surface area contributed by atoms with Gasteiger partial charge in [-0.1, -0.05) is 24.3 Å². The molecule has 0 spiro atoms. The number of nitrogens with zero attached hydrogens (tertiary/aromatic N) is 5. The molecule has 5 rings (SSSR count). The Kier molecular flexibility index (Phi) is 6.28. The topological polar surface area (TPSA) is 114 Å². The van der Waals surface area contributed by atoms with Crippen LogP contribution < -0.4 is 11.3 Å². The van der Waals surface area contributed by atoms with Crippen LogP contribution >= 0.6 is 0 Å². The van der Waals surface area contributed by atoms with Gasteiger partial charge in [-0.05, 0) is 38.8 Å². The third-order valence-corrected chi connectivity index (χ3v) is 7.82. The number of halogens is 1. The van der Waals surface area contributed by atoms with Crippen molar-refractivity contribution in [1.82, 2.24) is 24.1 Å². The lowest BCUT2D eigenvalue weighted by Crippen LogP contribution is -2.36. The standard InChI is InChI=1S/C24H28FN7O2S/c1-15(20-19(35(2)34)13-27-22(20)28-14-26)30-11-6-9-18(30)23-29-31-12-10-17(25)21(31)24(33)32(23)16-7-4-3-5-8-16/h3-5,7,10,12-16,18,27H,6,8-9,11H2,1-2H3,(H2,26,28)/t15?,16?,18-,35?/m0/s1. The van der Waals surface area contributed by atoms with E-state index in [1.54, 1.807) is 17.0 Å². The van der Waals surface area contributed by atoms with Gasteiger partial charge in [0.1, 0.15) is 5.82 Å². The molecule has 11 heteroatoms. The fourth-order valence-corrected chi connectivity index (χ4v) is 6.09. The first-order valence-corrected chi connectivity index (χ1v) is 13.2. The SMILES string of the molecule is CC(c1c(S(C)=O)c[nH]c1N=CN)N1CCC[C@H]1c1nn2ccc(F)c2c(=O)n1C1C=CC=CC1. The Hall–Kier alpha value is -3.31. The van der Waals surface area contributed by atoms with Gasteiger partial charge in [-0.2, -0.15) is 5.10 Å². The van der Waals surface area contributed by atoms with E-state index in [4.69, 9.17) is 10.8 Å². The van der Waals surface area contributed by atoms with Gasteiger partial charge >= 0.3 is 0 Å². The van der Waals surface area contributed by atoms with E-state index in [1.807, 2.05) is 31.2 Å². The van der Waals surface area contributed by atoms with Crippen LogP contribution in [0.5, 0.6) is 0 Å². The molecule has 184 valence electrons. The highest BCUT2D eigenvalue weighted by atomic mass is 32.2. The van der Waals surface area contributed by atoms with Crippen molar-refractivity contribution in [3.63, 3.8) is 0 Å². The van der Waals surface area contributed by atoms with E-state index in [0.29, 0.717) is 23.0 Å². The quantitative estimate of drug-likeness (QED) is 0.401. The van der Waals surface area contributed by atoms with Crippen LogP contribution in [0, 0.1) is 5.82 Å². The summed E-state index contributed by atoms with van der Waals surface area (Å²) in [5.41, 5.74) is 5.92. The van der Waals surface area contributed by atoms with E-state index in [9.17, 15) is 13.4 Å². The molecule has 0 aromatic carbocycles. The van der Waals surface area contributed by atoms with Crippen LogP contribution in [0.1, 0.15) is 55.7 Å². The fourth-order valence-electron chi connectivity index (χ4n) is 5.29. The summed E-state index contributed by atoms with van der Waals surface area (Å²) in [6, 6.07) is 0.629. The highest BCUT2D eigenvalue weighted by Gasteiger charge is 2.37. The minimum atomic E-state index is -1.23. The number of aromatic nitrogens is 4. The van der Waals surface area contributed by atoms with E-state index in [2.05, 4.69) is 14.9 Å². The number of nitrogens with two attached hydrogens (primary N) is 1. The number of aromatic amines is 1. The number of nitrogens with one attached hydrogen (secondary N) is 1. The van der Waals surface area contributed by atoms with Crippen molar-refractivity contribution in [2.45, 2.75) is 49.2 Å². The Morgan fingerprint density at radius 2 is 2.23 bits per heavy atom. The van der Waals surface area contributed by atoms with Crippen molar-refractivity contribution < 1.29 is 8.60 Å². The van der Waals surface area contributed by atoms with Gasteiger partial charge in [-0.25, -0.2) is 13.9 Å². The zero-order valence-corrected chi connectivity index (χ0v) is 20.4. The second kappa shape index (κ2) is 9.38. The molecule has 3 aromatic heterocycles. The lowest BCUT2D eigenvalue weighted by atomic mass is 10.1. The van der Waals surface area contributed by atoms with Gasteiger partial charge in [0.05, 0.1) is 34.1 Å². The van der Waals surface area contributed by atoms with Crippen molar-refractivity contribution in [3.8, 4) is 0 Å². The molecule has 9 nitrogen and oxygen atoms in total. The van der Waals surface area contributed by atoms with Crippen LogP contribution in [0.3, 0.4) is 0 Å². The molecule has 1 aliphatic carbocycles. The largest absolute Gasteiger partial charge is 0.390 e. The number of hydrogen-bond donors (Lipinski definition) is 2. The summed E-state index contributed by atoms with van der Waals surface area (Å²) in [6.45, 7) is 2.79. The summed E-state index contributed by atoms with van der Waals surface area (Å²) in [5, 5.41) is 4.77. The molecule has 0 saturated carbocycles. The highest BCUT2D eigenvalue weighted by Crippen LogP contribution is 2.42. The summed E-state index contributed by atoms with van der Waals surface area (Å²) in [7, 11) is -1.23. The summed E-state index contributed by atoms with van der Waals surface area (Å²) in [4.78, 5) is 23.8. The maximum Gasteiger partial charge on any atom is 0.281 e. The Morgan fingerprint density at radius 1 is 1.40 bits per heavy atom. The smallest absolute Gasteiger partial charge is 0.281 e. The maximum atomic E-state index is 14.5. The average molecular weight is 498 g/mol. The number of rotatable bonds is 6. The Morgan fingerprint density at radius 3 is 2.94 bits per heavy atom. The van der Waals surface area contributed by atoms with E-state index in [0.717, 1.165) is 24.9 Å². The van der Waals surface area contributed by atoms with Crippen LogP contribution in [-0.2, 0) is 10.8 Å². The Bertz CT molecular complexity index is 1430. The average Bonchev–Trinajstić information content (AvgIpc) is 3.58. The first-order chi connectivity index (χ1) is 16.9. The first kappa shape index (κ1) is 23.4. The van der Waals surface area contributed by atoms with Gasteiger partial charge in [0.15, 0.2) is 17.2 Å². The van der Waals surface area contributed by atoms with E-state index in [-0.39, 0.29) is 23.6 Å². The van der Waals surface area contributed by atoms with Crippen molar-refractivity contribution >= 4 is 28.5 Å². The number of likely N-dealkylation sites (tertiary alicyclic amines) is 1. The Labute approximate surface area is 204 Å². The molecular weight excluding hydrogens is 469 g/mol. The molecule has 4 heterocycles. The van der Waals surface area contributed by atoms with Crippen molar-refractivity contribution in [1.29, 1.82) is 0 Å². The molecule has 0 amide bonds. The van der Waals surface area contributed by atoms with Crippen LogP contribution in [0.15, 0.2) is 57.4 Å². The predicted octanol–water partition coefficient (Wildman–Crippen LogP) is 3.27. The van der Waals surface area contributed by atoms with Gasteiger partial charge in [-0.15, -0.1) is 0 Å². The van der Waals surface area contributed by atoms with E-state index < -0.39 is 22.2 Å². The minimum absolute atomic E-state index is 0.0526. The lowest BCUT2D eigenvalue weighted by Gasteiger charge is -2.33. The van der Waals surface area contributed by atoms with Crippen LogP contribution in [0.4, 0.5) is 10.2 Å². The molecule has 3 unspecified atom stereocenters. The molecule has 0 radical (unpaired) electrons. The van der Waals surface area contributed by atoms with Gasteiger partial charge < -0.3 is 10.7 Å². The van der Waals surface area contributed by atoms with Crippen LogP contribution in [0.2, 0.25) is 0 Å². The van der Waals surface area contributed by atoms with Gasteiger partial charge in [0.2, 0.25) is 0 Å². The van der Waals surface area contributed by atoms with Crippen molar-refractivity contribution in [3.05, 3.63) is 70.3 Å². The molecule has 4 atom stereocenters. The number of aliphatic imine (C=N–C) groups is 1. The summed E-state index contributed by atoms with van der Waals surface area (Å²) < 4.78 is 30.0. The van der Waals surface area contributed by atoms with Gasteiger partial charge in [0.25, 0.3) is 5.56 Å². The monoisotopic (exact) mass is 497 g/mol. The molecule has 35 heavy (non-hydrogen) atoms. The summed E-state index contributed by atoms with van der Waals surface area (Å²) in [6.07, 6.45) is 16.1. The Balaban J connectivity index is 1.65. The highest BCUT2D eigenvalue weighted by molar-refractivity contribution is 7.84. The van der Waals surface area contributed by atoms with Crippen LogP contribution in [-0.4, -0.2) is 47.4 Å². The minimum Gasteiger partial charge on any atom is -0.390 e. The van der Waals surface area contributed by atoms with Gasteiger partial charge in [-0.3, -0.25) is 18.5 Å². The fraction of sp³-hybridized carbons (Fsp3) is 0.375. The molecule has 1 aliphatic heterocycles. The van der Waals surface area contributed by atoms with E-state index in [1.165, 1.54) is 23.1 Å². The number of H-pyrrole nitrogens is 1. The molecule has 1 fully saturated rings. The molecule has 3 N–H and O–H groups in total. The van der Waals surface area contributed by atoms with Gasteiger partial charge in [0, 0.05) is 30.3 Å². The molecule has 2 aliphatic rings. The number of allylic oxidation sites excluding steroid dienone is 4. The summed E-state index contributed by atoms with van der Waals surface area (Å²) >= 11 is 0.